The molecule has 1 rings (SSSR count). The first-order valence-corrected chi connectivity index (χ1v) is 6.74. The van der Waals surface area contributed by atoms with E-state index < -0.39 is 5.97 Å². The molecule has 0 saturated carbocycles. The molecule has 1 fully saturated rings. The van der Waals surface area contributed by atoms with Gasteiger partial charge < -0.3 is 19.6 Å². The second kappa shape index (κ2) is 6.90. The number of amides is 2. The maximum absolute atomic E-state index is 12.4. The minimum Gasteiger partial charge on any atom is -0.480 e. The van der Waals surface area contributed by atoms with Crippen LogP contribution in [0.4, 0.5) is 4.79 Å². The average Bonchev–Trinajstić information content (AvgIpc) is 2.36. The lowest BCUT2D eigenvalue weighted by Gasteiger charge is -2.46. The Labute approximate surface area is 120 Å². The van der Waals surface area contributed by atoms with Crippen molar-refractivity contribution in [1.82, 2.24) is 14.7 Å². The second-order valence-corrected chi connectivity index (χ2v) is 5.75. The molecule has 1 aliphatic rings. The molecule has 0 radical (unpaired) electrons. The number of piperazine rings is 1. The quantitative estimate of drug-likeness (QED) is 0.780. The summed E-state index contributed by atoms with van der Waals surface area (Å²) >= 11 is 0. The normalized spacial score (nSPS) is 18.9. The molecule has 0 bridgehead atoms. The number of carbonyl (C=O) groups excluding carboxylic acids is 1. The van der Waals surface area contributed by atoms with E-state index >= 15 is 0 Å². The molecule has 0 aliphatic carbocycles. The Balaban J connectivity index is 2.71. The number of likely N-dealkylation sites (N-methyl/N-ethyl adjacent to an activating group) is 1. The molecule has 7 heteroatoms. The zero-order valence-corrected chi connectivity index (χ0v) is 12.8. The van der Waals surface area contributed by atoms with Gasteiger partial charge >= 0.3 is 12.0 Å². The standard InChI is InChI=1S/C13H25N3O4/c1-13(2)10-16(6-5-14(13)3)12(19)15(7-8-20-4)9-11(17)18/h5-10H2,1-4H3,(H,17,18). The Morgan fingerprint density at radius 3 is 2.50 bits per heavy atom. The van der Waals surface area contributed by atoms with Crippen molar-refractivity contribution in [2.24, 2.45) is 0 Å². The molecule has 116 valence electrons. The van der Waals surface area contributed by atoms with E-state index in [0.717, 1.165) is 6.54 Å². The number of aliphatic carboxylic acids is 1. The van der Waals surface area contributed by atoms with E-state index in [0.29, 0.717) is 19.7 Å². The van der Waals surface area contributed by atoms with Crippen molar-refractivity contribution in [1.29, 1.82) is 0 Å². The van der Waals surface area contributed by atoms with Crippen molar-refractivity contribution in [3.8, 4) is 0 Å². The number of hydrogen-bond acceptors (Lipinski definition) is 4. The topological polar surface area (TPSA) is 73.3 Å². The number of hydrogen-bond donors (Lipinski definition) is 1. The number of carboxylic acid groups (broad SMARTS) is 1. The van der Waals surface area contributed by atoms with Crippen LogP contribution in [0.5, 0.6) is 0 Å². The van der Waals surface area contributed by atoms with Gasteiger partial charge in [0.25, 0.3) is 0 Å². The van der Waals surface area contributed by atoms with Gasteiger partial charge in [0.2, 0.25) is 0 Å². The predicted molar refractivity (Wildman–Crippen MR) is 74.8 cm³/mol. The third kappa shape index (κ3) is 4.35. The zero-order chi connectivity index (χ0) is 15.3. The predicted octanol–water partition coefficient (Wildman–Crippen LogP) is 0.165. The van der Waals surface area contributed by atoms with Crippen LogP contribution >= 0.6 is 0 Å². The van der Waals surface area contributed by atoms with E-state index in [1.54, 1.807) is 4.90 Å². The van der Waals surface area contributed by atoms with Crippen LogP contribution in [-0.2, 0) is 9.53 Å². The maximum Gasteiger partial charge on any atom is 0.323 e. The van der Waals surface area contributed by atoms with Crippen LogP contribution in [0.1, 0.15) is 13.8 Å². The summed E-state index contributed by atoms with van der Waals surface area (Å²) in [5, 5.41) is 8.91. The third-order valence-corrected chi connectivity index (χ3v) is 3.75. The summed E-state index contributed by atoms with van der Waals surface area (Å²) in [4.78, 5) is 28.6. The average molecular weight is 287 g/mol. The smallest absolute Gasteiger partial charge is 0.323 e. The molecule has 0 aromatic heterocycles. The number of carboxylic acids is 1. The van der Waals surface area contributed by atoms with E-state index in [1.807, 2.05) is 7.05 Å². The fraction of sp³-hybridized carbons (Fsp3) is 0.846. The summed E-state index contributed by atoms with van der Waals surface area (Å²) in [6, 6.07) is -0.231. The molecular weight excluding hydrogens is 262 g/mol. The van der Waals surface area contributed by atoms with Gasteiger partial charge in [0.05, 0.1) is 6.61 Å². The Hall–Kier alpha value is -1.34. The van der Waals surface area contributed by atoms with Crippen molar-refractivity contribution in [3.05, 3.63) is 0 Å². The number of methoxy groups -OCH3 is 1. The molecule has 7 nitrogen and oxygen atoms in total. The van der Waals surface area contributed by atoms with Crippen LogP contribution in [0.2, 0.25) is 0 Å². The first kappa shape index (κ1) is 16.7. The highest BCUT2D eigenvalue weighted by atomic mass is 16.5. The van der Waals surface area contributed by atoms with Crippen molar-refractivity contribution in [2.75, 3.05) is 53.5 Å². The Bertz CT molecular complexity index is 360. The zero-order valence-electron chi connectivity index (χ0n) is 12.8. The minimum absolute atomic E-state index is 0.107. The van der Waals surface area contributed by atoms with Gasteiger partial charge in [-0.15, -0.1) is 0 Å². The van der Waals surface area contributed by atoms with Crippen molar-refractivity contribution in [3.63, 3.8) is 0 Å². The molecule has 0 aromatic carbocycles. The second-order valence-electron chi connectivity index (χ2n) is 5.75. The molecule has 1 heterocycles. The Morgan fingerprint density at radius 2 is 2.00 bits per heavy atom. The van der Waals surface area contributed by atoms with Gasteiger partial charge in [-0.2, -0.15) is 0 Å². The largest absolute Gasteiger partial charge is 0.480 e. The van der Waals surface area contributed by atoms with E-state index in [-0.39, 0.29) is 24.7 Å². The highest BCUT2D eigenvalue weighted by molar-refractivity contribution is 5.80. The third-order valence-electron chi connectivity index (χ3n) is 3.75. The molecule has 0 aromatic rings. The van der Waals surface area contributed by atoms with Gasteiger partial charge in [0.15, 0.2) is 0 Å². The van der Waals surface area contributed by atoms with Crippen LogP contribution in [-0.4, -0.2) is 90.8 Å². The molecule has 1 aliphatic heterocycles. The summed E-state index contributed by atoms with van der Waals surface area (Å²) < 4.78 is 4.94. The van der Waals surface area contributed by atoms with Crippen LogP contribution in [0.3, 0.4) is 0 Å². The summed E-state index contributed by atoms with van der Waals surface area (Å²) in [5.74, 6) is -1.01. The first-order valence-electron chi connectivity index (χ1n) is 6.74. The monoisotopic (exact) mass is 287 g/mol. The van der Waals surface area contributed by atoms with Crippen LogP contribution in [0.25, 0.3) is 0 Å². The van der Waals surface area contributed by atoms with E-state index in [2.05, 4.69) is 18.7 Å². The first-order chi connectivity index (χ1) is 9.27. The van der Waals surface area contributed by atoms with E-state index in [1.165, 1.54) is 12.0 Å². The number of carbonyl (C=O) groups is 2. The molecule has 0 spiro atoms. The summed E-state index contributed by atoms with van der Waals surface area (Å²) in [6.07, 6.45) is 0. The van der Waals surface area contributed by atoms with Gasteiger partial charge in [-0.25, -0.2) is 4.79 Å². The van der Waals surface area contributed by atoms with Gasteiger partial charge in [0, 0.05) is 38.8 Å². The number of urea groups is 1. The highest BCUT2D eigenvalue weighted by Crippen LogP contribution is 2.19. The number of ether oxygens (including phenoxy) is 1. The van der Waals surface area contributed by atoms with Crippen molar-refractivity contribution >= 4 is 12.0 Å². The molecule has 1 saturated heterocycles. The van der Waals surface area contributed by atoms with Gasteiger partial charge in [-0.1, -0.05) is 0 Å². The van der Waals surface area contributed by atoms with Gasteiger partial charge in [0.1, 0.15) is 6.54 Å². The Morgan fingerprint density at radius 1 is 1.35 bits per heavy atom. The molecular formula is C13H25N3O4. The van der Waals surface area contributed by atoms with Crippen molar-refractivity contribution in [2.45, 2.75) is 19.4 Å². The lowest BCUT2D eigenvalue weighted by atomic mass is 10.00. The maximum atomic E-state index is 12.4. The van der Waals surface area contributed by atoms with Crippen LogP contribution in [0.15, 0.2) is 0 Å². The fourth-order valence-electron chi connectivity index (χ4n) is 2.21. The lowest BCUT2D eigenvalue weighted by molar-refractivity contribution is -0.137. The molecule has 1 N–H and O–H groups in total. The SMILES string of the molecule is COCCN(CC(=O)O)C(=O)N1CCN(C)C(C)(C)C1. The summed E-state index contributed by atoms with van der Waals surface area (Å²) in [6.45, 7) is 6.45. The summed E-state index contributed by atoms with van der Waals surface area (Å²) in [7, 11) is 3.56. The number of nitrogens with zero attached hydrogens (tertiary/aromatic N) is 3. The van der Waals surface area contributed by atoms with Crippen molar-refractivity contribution < 1.29 is 19.4 Å². The lowest BCUT2D eigenvalue weighted by Crippen LogP contribution is -2.61. The number of rotatable bonds is 5. The molecule has 0 unspecified atom stereocenters. The van der Waals surface area contributed by atoms with Crippen LogP contribution < -0.4 is 0 Å². The van der Waals surface area contributed by atoms with Crippen LogP contribution in [0, 0.1) is 0 Å². The van der Waals surface area contributed by atoms with E-state index in [9.17, 15) is 9.59 Å². The highest BCUT2D eigenvalue weighted by Gasteiger charge is 2.35. The van der Waals surface area contributed by atoms with Gasteiger partial charge in [-0.3, -0.25) is 9.69 Å². The van der Waals surface area contributed by atoms with E-state index in [4.69, 9.17) is 9.84 Å². The van der Waals surface area contributed by atoms with Gasteiger partial charge in [-0.05, 0) is 20.9 Å². The molecule has 20 heavy (non-hydrogen) atoms. The summed E-state index contributed by atoms with van der Waals surface area (Å²) in [5.41, 5.74) is -0.107. The fourth-order valence-corrected chi connectivity index (χ4v) is 2.21. The minimum atomic E-state index is -1.01. The Kier molecular flexibility index (Phi) is 5.76. The molecule has 2 amide bonds. The molecule has 0 atom stereocenters.